The molecule has 0 amide bonds. The molecule has 2 aliphatic rings. The summed E-state index contributed by atoms with van der Waals surface area (Å²) >= 11 is 0. The van der Waals surface area contributed by atoms with Crippen LogP contribution in [0.5, 0.6) is 0 Å². The fourth-order valence-electron chi connectivity index (χ4n) is 18.8. The minimum absolute atomic E-state index is 0.198. The van der Waals surface area contributed by atoms with Crippen LogP contribution in [-0.2, 0) is 0 Å². The summed E-state index contributed by atoms with van der Waals surface area (Å²) in [6, 6.07) is 119. The second-order valence-corrected chi connectivity index (χ2v) is 27.0. The van der Waals surface area contributed by atoms with E-state index in [0.717, 1.165) is 73.3 Å². The first-order valence-corrected chi connectivity index (χ1v) is 34.0. The van der Waals surface area contributed by atoms with Gasteiger partial charge >= 0.3 is 0 Å². The lowest BCUT2D eigenvalue weighted by Gasteiger charge is -2.44. The minimum atomic E-state index is -0.198. The topological polar surface area (TPSA) is 30.1 Å². The number of aromatic nitrogens is 5. The predicted octanol–water partition coefficient (Wildman–Crippen LogP) is 21.4. The monoisotopic (exact) mass is 1240 g/mol. The average molecular weight is 1240 g/mol. The molecule has 0 bridgehead atoms. The Balaban J connectivity index is 0.916. The van der Waals surface area contributed by atoms with E-state index in [1.54, 1.807) is 0 Å². The second-order valence-electron chi connectivity index (χ2n) is 27.0. The van der Waals surface area contributed by atoms with Gasteiger partial charge in [0.15, 0.2) is 0 Å². The zero-order valence-electron chi connectivity index (χ0n) is 52.7. The van der Waals surface area contributed by atoms with Crippen molar-refractivity contribution < 1.29 is 0 Å². The van der Waals surface area contributed by atoms with E-state index in [2.05, 4.69) is 348 Å². The van der Waals surface area contributed by atoms with Crippen molar-refractivity contribution in [3.63, 3.8) is 0 Å². The zero-order valence-corrected chi connectivity index (χ0v) is 52.7. The fraction of sp³-hybridized carbons (Fsp3) is 0. The van der Waals surface area contributed by atoms with Gasteiger partial charge in [-0.25, -0.2) is 0 Å². The van der Waals surface area contributed by atoms with Gasteiger partial charge in [-0.2, -0.15) is 0 Å². The molecule has 9 heterocycles. The van der Waals surface area contributed by atoms with Crippen molar-refractivity contribution in [2.24, 2.45) is 0 Å². The lowest BCUT2D eigenvalue weighted by molar-refractivity contribution is 1.16. The van der Waals surface area contributed by atoms with Crippen LogP contribution in [0, 0.1) is 0 Å². The quantitative estimate of drug-likeness (QED) is 0.161. The highest BCUT2D eigenvalue weighted by molar-refractivity contribution is 7.00. The molecule has 0 atom stereocenters. The van der Waals surface area contributed by atoms with Crippen molar-refractivity contribution in [2.75, 3.05) is 9.80 Å². The van der Waals surface area contributed by atoms with Gasteiger partial charge in [0.05, 0.1) is 71.9 Å². The molecular weight excluding hydrogens is 1190 g/mol. The smallest absolute Gasteiger partial charge is 0.252 e. The summed E-state index contributed by atoms with van der Waals surface area (Å²) in [5.41, 5.74) is 28.2. The number of fused-ring (bicyclic) bond motifs is 28. The molecule has 24 rings (SSSR count). The van der Waals surface area contributed by atoms with E-state index in [0.29, 0.717) is 0 Å². The Labute approximate surface area is 560 Å². The molecule has 450 valence electrons. The number of para-hydroxylation sites is 11. The van der Waals surface area contributed by atoms with Crippen molar-refractivity contribution in [2.45, 2.75) is 0 Å². The molecular formula is C90H52BN7. The maximum absolute atomic E-state index is 2.66. The van der Waals surface area contributed by atoms with Gasteiger partial charge in [0, 0.05) is 121 Å². The van der Waals surface area contributed by atoms with Crippen molar-refractivity contribution in [1.82, 2.24) is 22.5 Å². The van der Waals surface area contributed by atoms with Crippen LogP contribution >= 0.6 is 0 Å². The highest BCUT2D eigenvalue weighted by atomic mass is 15.2. The SMILES string of the molecule is c1ccc(N2c3cc4c(cc3B3c5cc6c7cccc8c9ccccc9n(c6cc5N(c5ccccc5)c5cc(-n6c9ccccc9c9c%10c(c%11ccccc%11n%10-c%10ccccc%10)c%10c(c%11ccccc%11n%10-c%10ccccc%10)c96)cc2c53)c87)c2cccc3c5ccccc5n4c32)cc1. The number of rotatable bonds is 5. The lowest BCUT2D eigenvalue weighted by Crippen LogP contribution is -2.61. The molecule has 2 aliphatic heterocycles. The normalized spacial score (nSPS) is 13.2. The van der Waals surface area contributed by atoms with Gasteiger partial charge in [0.25, 0.3) is 6.71 Å². The lowest BCUT2D eigenvalue weighted by atomic mass is 9.33. The molecule has 15 aromatic carbocycles. The Hall–Kier alpha value is -13.0. The largest absolute Gasteiger partial charge is 0.311 e. The average Bonchev–Trinajstić information content (AvgIpc) is 1.45. The van der Waals surface area contributed by atoms with Gasteiger partial charge in [0.1, 0.15) is 0 Å². The van der Waals surface area contributed by atoms with Crippen molar-refractivity contribution in [3.05, 3.63) is 315 Å². The van der Waals surface area contributed by atoms with Gasteiger partial charge in [-0.15, -0.1) is 0 Å². The standard InChI is InChI=1S/C90H52BN7/c1-5-25-53(26-6-1)92-78-51-76-67(62-40-23-38-60-58-33-13-18-42-71(58)97(76)86(60)62)49-69(78)91-70-50-68-63-41-24-39-61-59-34-14-19-43-72(59)98(87(61)63)77(68)52-79(70)93(54-27-7-2-8-28-54)81-48-57(47-80(92)85(81)91)96-75-46-22-17-37-66(75)84-89-82(64-35-15-20-44-73(64)94(89)55-29-9-3-10-30-55)88-83(90(84)96)65-36-16-21-45-74(65)95(88)56-31-11-4-12-32-56/h1-52H. The summed E-state index contributed by atoms with van der Waals surface area (Å²) in [6.07, 6.45) is 0. The molecule has 0 spiro atoms. The molecule has 22 aromatic rings. The molecule has 0 N–H and O–H groups in total. The maximum atomic E-state index is 2.66. The van der Waals surface area contributed by atoms with Crippen LogP contribution in [0.3, 0.4) is 0 Å². The van der Waals surface area contributed by atoms with Crippen LogP contribution in [0.4, 0.5) is 34.1 Å². The first-order valence-electron chi connectivity index (χ1n) is 34.0. The van der Waals surface area contributed by atoms with Crippen LogP contribution in [0.25, 0.3) is 159 Å². The summed E-state index contributed by atoms with van der Waals surface area (Å²) in [5.74, 6) is 0. The van der Waals surface area contributed by atoms with Gasteiger partial charge in [0.2, 0.25) is 0 Å². The number of anilines is 6. The van der Waals surface area contributed by atoms with Crippen LogP contribution in [-0.4, -0.2) is 29.2 Å². The van der Waals surface area contributed by atoms with E-state index in [-0.39, 0.29) is 6.71 Å². The van der Waals surface area contributed by atoms with Crippen molar-refractivity contribution in [3.8, 4) is 17.1 Å². The minimum Gasteiger partial charge on any atom is -0.311 e. The molecule has 0 saturated heterocycles. The van der Waals surface area contributed by atoms with E-state index in [1.165, 1.54) is 136 Å². The van der Waals surface area contributed by atoms with Gasteiger partial charge < -0.3 is 32.3 Å². The third-order valence-electron chi connectivity index (χ3n) is 22.4. The van der Waals surface area contributed by atoms with Crippen LogP contribution in [0.15, 0.2) is 315 Å². The highest BCUT2D eigenvalue weighted by Crippen LogP contribution is 2.54. The Morgan fingerprint density at radius 2 is 0.500 bits per heavy atom. The first-order chi connectivity index (χ1) is 48.7. The predicted molar refractivity (Wildman–Crippen MR) is 413 cm³/mol. The molecule has 7 aromatic heterocycles. The molecule has 8 heteroatoms. The number of hydrogen-bond donors (Lipinski definition) is 0. The Morgan fingerprint density at radius 1 is 0.194 bits per heavy atom. The second kappa shape index (κ2) is 18.5. The van der Waals surface area contributed by atoms with E-state index in [4.69, 9.17) is 0 Å². The molecule has 0 fully saturated rings. The summed E-state index contributed by atoms with van der Waals surface area (Å²) in [7, 11) is 0. The summed E-state index contributed by atoms with van der Waals surface area (Å²) in [4.78, 5) is 5.24. The summed E-state index contributed by atoms with van der Waals surface area (Å²) < 4.78 is 12.9. The summed E-state index contributed by atoms with van der Waals surface area (Å²) in [6.45, 7) is -0.198. The highest BCUT2D eigenvalue weighted by Gasteiger charge is 2.45. The van der Waals surface area contributed by atoms with Crippen LogP contribution in [0.2, 0.25) is 0 Å². The molecule has 0 saturated carbocycles. The fourth-order valence-corrected chi connectivity index (χ4v) is 18.8. The van der Waals surface area contributed by atoms with Crippen LogP contribution in [0.1, 0.15) is 0 Å². The van der Waals surface area contributed by atoms with Gasteiger partial charge in [-0.1, -0.05) is 212 Å². The number of nitrogens with zero attached hydrogens (tertiary/aromatic N) is 7. The molecule has 98 heavy (non-hydrogen) atoms. The Kier molecular flexibility index (Phi) is 9.68. The maximum Gasteiger partial charge on any atom is 0.252 e. The molecule has 7 nitrogen and oxygen atoms in total. The zero-order chi connectivity index (χ0) is 63.3. The van der Waals surface area contributed by atoms with E-state index < -0.39 is 0 Å². The Morgan fingerprint density at radius 3 is 0.888 bits per heavy atom. The molecule has 0 radical (unpaired) electrons. The first kappa shape index (κ1) is 51.4. The van der Waals surface area contributed by atoms with Crippen LogP contribution < -0.4 is 26.2 Å². The van der Waals surface area contributed by atoms with Gasteiger partial charge in [-0.3, -0.25) is 0 Å². The van der Waals surface area contributed by atoms with E-state index >= 15 is 0 Å². The van der Waals surface area contributed by atoms with Gasteiger partial charge in [-0.05, 0) is 120 Å². The third kappa shape index (κ3) is 6.28. The van der Waals surface area contributed by atoms with E-state index in [9.17, 15) is 0 Å². The molecule has 0 aliphatic carbocycles. The molecule has 0 unspecified atom stereocenters. The van der Waals surface area contributed by atoms with Crippen molar-refractivity contribution in [1.29, 1.82) is 0 Å². The van der Waals surface area contributed by atoms with Crippen molar-refractivity contribution >= 4 is 199 Å². The number of hydrogen-bond acceptors (Lipinski definition) is 2. The number of benzene rings is 15. The summed E-state index contributed by atoms with van der Waals surface area (Å²) in [5, 5.41) is 17.4. The third-order valence-corrected chi connectivity index (χ3v) is 22.4. The Bertz CT molecular complexity index is 6910. The van der Waals surface area contributed by atoms with E-state index in [1.807, 2.05) is 0 Å².